The van der Waals surface area contributed by atoms with E-state index < -0.39 is 0 Å². The van der Waals surface area contributed by atoms with Gasteiger partial charge >= 0.3 is 0 Å². The number of ether oxygens (including phenoxy) is 16. The van der Waals surface area contributed by atoms with Gasteiger partial charge < -0.3 is 81.5 Å². The van der Waals surface area contributed by atoms with E-state index in [0.717, 1.165) is 96.9 Å². The van der Waals surface area contributed by atoms with E-state index in [2.05, 4.69) is 58.6 Å². The quantitative estimate of drug-likeness (QED) is 0.0150. The van der Waals surface area contributed by atoms with Gasteiger partial charge in [0.2, 0.25) is 23.0 Å². The van der Waals surface area contributed by atoms with Gasteiger partial charge in [0.15, 0.2) is 46.0 Å². The van der Waals surface area contributed by atoms with Crippen LogP contribution in [0.5, 0.6) is 92.0 Å². The molecule has 600 valence electrons. The molecule has 0 aliphatic carbocycles. The number of methoxy groups -OCH3 is 12. The smallest absolute Gasteiger partial charge is 0.203 e. The number of aromatic nitrogens is 4. The Bertz CT molecular complexity index is 4790. The summed E-state index contributed by atoms with van der Waals surface area (Å²) in [6.07, 6.45) is 17.1. The molecule has 0 unspecified atom stereocenters. The van der Waals surface area contributed by atoms with Crippen LogP contribution >= 0.6 is 71.4 Å². The number of halogens is 5. The Morgan fingerprint density at radius 3 is 0.938 bits per heavy atom. The molecular formula is C84H93Cl4IN8O16. The van der Waals surface area contributed by atoms with Crippen molar-refractivity contribution in [2.45, 2.75) is 53.4 Å². The number of hydrogen-bond acceptors (Lipinski definition) is 22. The predicted octanol–water partition coefficient (Wildman–Crippen LogP) is 20.0. The summed E-state index contributed by atoms with van der Waals surface area (Å²) >= 11 is 8.83. The van der Waals surface area contributed by atoms with E-state index in [1.54, 1.807) is 110 Å². The summed E-state index contributed by atoms with van der Waals surface area (Å²) in [5.41, 5.74) is 24.6. The number of hydrogen-bond donors (Lipinski definition) is 1. The van der Waals surface area contributed by atoms with Crippen LogP contribution in [0.2, 0.25) is 5.02 Å². The maximum Gasteiger partial charge on any atom is 0.203 e. The summed E-state index contributed by atoms with van der Waals surface area (Å²) in [5, 5.41) is 12.2. The first-order chi connectivity index (χ1) is 53.5. The zero-order valence-corrected chi connectivity index (χ0v) is 71.1. The second-order valence-electron chi connectivity index (χ2n) is 24.0. The first kappa shape index (κ1) is 91.1. The molecule has 0 aliphatic rings. The van der Waals surface area contributed by atoms with Gasteiger partial charge in [-0.3, -0.25) is 19.9 Å². The SMILES string of the molecule is CCOc1ccc2c(Cc3cc(OC)c(OC)c(OC)c3)cncc2c1Cl.CCOc1ccc2c(Cc3cc(OC)c(OC)c(OC)c3)cncc2c1I.CCOc1ccc2c(Cc3cc(OC)c(OC)c(OC)c3)cncc2c1N.CCOc1ccc2c(Cc3cc(OC)c(OC)c(OC)c3)cncc2c1N=[N+]=[N-].Cl.Cl.Cl. The number of fused-ring (bicyclic) bond motifs is 4. The minimum absolute atomic E-state index is 0. The van der Waals surface area contributed by atoms with Gasteiger partial charge in [-0.1, -0.05) is 41.0 Å². The first-order valence-electron chi connectivity index (χ1n) is 34.9. The molecule has 12 rings (SSSR count). The molecule has 0 bridgehead atoms. The minimum Gasteiger partial charge on any atom is -0.493 e. The fourth-order valence-electron chi connectivity index (χ4n) is 12.7. The van der Waals surface area contributed by atoms with Crippen LogP contribution in [0.4, 0.5) is 11.4 Å². The number of nitrogens with zero attached hydrogens (tertiary/aromatic N) is 7. The fraction of sp³-hybridized carbons (Fsp3) is 0.286. The maximum atomic E-state index is 8.98. The Balaban J connectivity index is 0.000000233. The molecule has 24 nitrogen and oxygen atoms in total. The highest BCUT2D eigenvalue weighted by atomic mass is 127. The lowest BCUT2D eigenvalue weighted by Gasteiger charge is -2.15. The normalized spacial score (nSPS) is 10.3. The third-order valence-corrected chi connectivity index (χ3v) is 19.2. The van der Waals surface area contributed by atoms with Crippen LogP contribution < -0.4 is 81.5 Å². The monoisotopic (exact) mass is 1740 g/mol. The maximum absolute atomic E-state index is 8.98. The minimum atomic E-state index is 0. The van der Waals surface area contributed by atoms with Crippen molar-refractivity contribution in [2.24, 2.45) is 5.11 Å². The van der Waals surface area contributed by atoms with Crippen molar-refractivity contribution in [3.63, 3.8) is 0 Å². The van der Waals surface area contributed by atoms with Crippen molar-refractivity contribution < 1.29 is 75.8 Å². The topological polar surface area (TPSA) is 274 Å². The van der Waals surface area contributed by atoms with E-state index in [4.69, 9.17) is 98.7 Å². The van der Waals surface area contributed by atoms with Gasteiger partial charge in [0.25, 0.3) is 0 Å². The van der Waals surface area contributed by atoms with Crippen LogP contribution in [0, 0.1) is 3.57 Å². The van der Waals surface area contributed by atoms with Crippen molar-refractivity contribution in [3.8, 4) is 92.0 Å². The Hall–Kier alpha value is -10.8. The Morgan fingerprint density at radius 2 is 0.602 bits per heavy atom. The van der Waals surface area contributed by atoms with Crippen molar-refractivity contribution in [2.75, 3.05) is 117 Å². The van der Waals surface area contributed by atoms with Gasteiger partial charge in [0.1, 0.15) is 23.0 Å². The number of pyridine rings is 4. The third-order valence-electron chi connectivity index (χ3n) is 17.7. The van der Waals surface area contributed by atoms with Crippen LogP contribution in [0.3, 0.4) is 0 Å². The van der Waals surface area contributed by atoms with Crippen LogP contribution in [0.1, 0.15) is 72.2 Å². The molecule has 0 aliphatic heterocycles. The van der Waals surface area contributed by atoms with Gasteiger partial charge in [0, 0.05) is 76.0 Å². The molecule has 12 aromatic rings. The second kappa shape index (κ2) is 44.4. The average molecular weight is 1740 g/mol. The molecule has 113 heavy (non-hydrogen) atoms. The Morgan fingerprint density at radius 1 is 0.336 bits per heavy atom. The largest absolute Gasteiger partial charge is 0.493 e. The van der Waals surface area contributed by atoms with Crippen molar-refractivity contribution >= 4 is 126 Å². The number of azide groups is 1. The predicted molar refractivity (Wildman–Crippen MR) is 460 cm³/mol. The van der Waals surface area contributed by atoms with Gasteiger partial charge in [0.05, 0.1) is 132 Å². The first-order valence-corrected chi connectivity index (χ1v) is 36.4. The summed E-state index contributed by atoms with van der Waals surface area (Å²) in [6, 6.07) is 31.2. The number of nitrogens with two attached hydrogens (primary N) is 1. The van der Waals surface area contributed by atoms with E-state index >= 15 is 0 Å². The van der Waals surface area contributed by atoms with E-state index in [-0.39, 0.29) is 37.2 Å². The van der Waals surface area contributed by atoms with Gasteiger partial charge in [-0.05, 0) is 220 Å². The molecule has 0 saturated heterocycles. The summed E-state index contributed by atoms with van der Waals surface area (Å²) in [6.45, 7) is 9.96. The number of rotatable bonds is 29. The standard InChI is InChI=1S/C21H22ClNO4.C21H22INO4.C21H22N4O4.C21H24N2O4.3ClH/c2*1-5-27-17-7-6-15-14(11-23-12-16(15)20(17)22)8-13-9-18(24-2)21(26-4)19(10-13)25-3;1-5-29-17-7-6-15-14(11-23-12-16(15)20(17)24-25-22)8-13-9-18(26-2)21(28-4)19(10-13)27-3;1-5-27-17-7-6-15-14(11-23-12-16(15)20(17)22)8-13-9-18(24-2)21(26-4)19(10-13)25-3;;;/h2*6-7,9-12H,5,8H2,1-4H3;6-7,9-12H,5,8H2,1-4H3;6-7,9-12H,5,8,22H2,1-4H3;3*1H. The van der Waals surface area contributed by atoms with Crippen LogP contribution in [-0.4, -0.2) is 132 Å². The van der Waals surface area contributed by atoms with Gasteiger partial charge in [-0.25, -0.2) is 0 Å². The molecule has 0 atom stereocenters. The third kappa shape index (κ3) is 21.3. The molecule has 0 amide bonds. The number of anilines is 1. The summed E-state index contributed by atoms with van der Waals surface area (Å²) < 4.78 is 88.8. The Labute approximate surface area is 695 Å². The van der Waals surface area contributed by atoms with E-state index in [0.29, 0.717) is 155 Å². The lowest BCUT2D eigenvalue weighted by atomic mass is 9.99. The Kier molecular flexibility index (Phi) is 35.8. The molecule has 2 N–H and O–H groups in total. The highest BCUT2D eigenvalue weighted by molar-refractivity contribution is 14.1. The second-order valence-corrected chi connectivity index (χ2v) is 25.4. The molecule has 4 aromatic heterocycles. The number of nitrogen functional groups attached to an aromatic ring is 1. The van der Waals surface area contributed by atoms with Gasteiger partial charge in [-0.15, -0.1) is 37.2 Å². The fourth-order valence-corrected chi connectivity index (χ4v) is 13.7. The molecular weight excluding hydrogens is 1650 g/mol. The molecule has 0 radical (unpaired) electrons. The van der Waals surface area contributed by atoms with Crippen LogP contribution in [0.15, 0.2) is 152 Å². The molecule has 8 aromatic carbocycles. The van der Waals surface area contributed by atoms with E-state index in [1.165, 1.54) is 0 Å². The zero-order valence-electron chi connectivity index (χ0n) is 65.7. The van der Waals surface area contributed by atoms with Gasteiger partial charge in [-0.2, -0.15) is 0 Å². The molecule has 4 heterocycles. The lowest BCUT2D eigenvalue weighted by molar-refractivity contribution is 0.324. The van der Waals surface area contributed by atoms with Crippen LogP contribution in [0.25, 0.3) is 53.5 Å². The van der Waals surface area contributed by atoms with Crippen molar-refractivity contribution in [1.82, 2.24) is 19.9 Å². The molecule has 0 fully saturated rings. The molecule has 0 spiro atoms. The zero-order chi connectivity index (χ0) is 79.0. The average Bonchev–Trinajstić information content (AvgIpc) is 0.803. The number of benzene rings is 8. The molecule has 0 saturated carbocycles. The summed E-state index contributed by atoms with van der Waals surface area (Å²) in [7, 11) is 19.2. The summed E-state index contributed by atoms with van der Waals surface area (Å²) in [5.74, 6) is 10.0. The van der Waals surface area contributed by atoms with Crippen LogP contribution in [-0.2, 0) is 25.7 Å². The van der Waals surface area contributed by atoms with Crippen molar-refractivity contribution in [1.29, 1.82) is 0 Å². The van der Waals surface area contributed by atoms with E-state index in [9.17, 15) is 0 Å². The van der Waals surface area contributed by atoms with E-state index in [1.807, 2.05) is 143 Å². The lowest BCUT2D eigenvalue weighted by Crippen LogP contribution is -2.00. The highest BCUT2D eigenvalue weighted by Gasteiger charge is 2.22. The molecule has 29 heteroatoms. The van der Waals surface area contributed by atoms with Crippen molar-refractivity contribution in [3.05, 3.63) is 210 Å². The summed E-state index contributed by atoms with van der Waals surface area (Å²) in [4.78, 5) is 20.5. The highest BCUT2D eigenvalue weighted by Crippen LogP contribution is 2.46.